The van der Waals surface area contributed by atoms with Crippen molar-refractivity contribution in [1.29, 1.82) is 0 Å². The SMILES string of the molecule is CS(=O)(=O)NCC1CCCCN1C(=O)/C=C/c1ccc(Oc2cccnc2)c(F)c1. The van der Waals surface area contributed by atoms with Crippen LogP contribution in [0.2, 0.25) is 0 Å². The fourth-order valence-electron chi connectivity index (χ4n) is 3.25. The Morgan fingerprint density at radius 3 is 2.90 bits per heavy atom. The van der Waals surface area contributed by atoms with E-state index in [0.29, 0.717) is 17.9 Å². The molecule has 0 bridgehead atoms. The lowest BCUT2D eigenvalue weighted by Gasteiger charge is -2.35. The molecule has 3 rings (SSSR count). The van der Waals surface area contributed by atoms with Gasteiger partial charge in [-0.25, -0.2) is 17.5 Å². The Balaban J connectivity index is 1.65. The molecule has 2 heterocycles. The Labute approximate surface area is 175 Å². The number of benzene rings is 1. The molecule has 1 aromatic heterocycles. The third kappa shape index (κ3) is 6.36. The average Bonchev–Trinajstić information content (AvgIpc) is 2.73. The molecule has 0 radical (unpaired) electrons. The van der Waals surface area contributed by atoms with Gasteiger partial charge in [-0.3, -0.25) is 9.78 Å². The Morgan fingerprint density at radius 1 is 1.37 bits per heavy atom. The monoisotopic (exact) mass is 433 g/mol. The number of ether oxygens (including phenoxy) is 1. The number of sulfonamides is 1. The number of hydrogen-bond donors (Lipinski definition) is 1. The maximum atomic E-state index is 14.3. The fourth-order valence-corrected chi connectivity index (χ4v) is 3.75. The van der Waals surface area contributed by atoms with E-state index in [1.165, 1.54) is 30.5 Å². The van der Waals surface area contributed by atoms with Gasteiger partial charge in [0.25, 0.3) is 0 Å². The molecule has 9 heteroatoms. The van der Waals surface area contributed by atoms with Crippen molar-refractivity contribution in [3.05, 3.63) is 60.2 Å². The van der Waals surface area contributed by atoms with Crippen molar-refractivity contribution in [1.82, 2.24) is 14.6 Å². The minimum atomic E-state index is -3.32. The number of nitrogens with one attached hydrogen (secondary N) is 1. The second-order valence-corrected chi connectivity index (χ2v) is 8.95. The molecule has 1 atom stereocenters. The third-order valence-electron chi connectivity index (χ3n) is 4.73. The number of carbonyl (C=O) groups excluding carboxylic acids is 1. The van der Waals surface area contributed by atoms with Crippen LogP contribution in [0, 0.1) is 5.82 Å². The quantitative estimate of drug-likeness (QED) is 0.679. The summed E-state index contributed by atoms with van der Waals surface area (Å²) in [5, 5.41) is 0. The van der Waals surface area contributed by atoms with Crippen molar-refractivity contribution >= 4 is 22.0 Å². The maximum Gasteiger partial charge on any atom is 0.246 e. The summed E-state index contributed by atoms with van der Waals surface area (Å²) in [4.78, 5) is 18.2. The Morgan fingerprint density at radius 2 is 2.20 bits per heavy atom. The second kappa shape index (κ2) is 9.82. The Bertz CT molecular complexity index is 1010. The summed E-state index contributed by atoms with van der Waals surface area (Å²) in [6.07, 6.45) is 9.63. The lowest BCUT2D eigenvalue weighted by atomic mass is 10.0. The molecule has 1 aliphatic heterocycles. The van der Waals surface area contributed by atoms with Crippen LogP contribution in [0.4, 0.5) is 4.39 Å². The van der Waals surface area contributed by atoms with Crippen molar-refractivity contribution in [2.75, 3.05) is 19.3 Å². The van der Waals surface area contributed by atoms with Crippen LogP contribution in [-0.2, 0) is 14.8 Å². The van der Waals surface area contributed by atoms with Crippen molar-refractivity contribution in [3.63, 3.8) is 0 Å². The molecule has 0 aliphatic carbocycles. The second-order valence-electron chi connectivity index (χ2n) is 7.12. The smallest absolute Gasteiger partial charge is 0.246 e. The predicted molar refractivity (Wildman–Crippen MR) is 112 cm³/mol. The van der Waals surface area contributed by atoms with Gasteiger partial charge in [0, 0.05) is 31.4 Å². The highest BCUT2D eigenvalue weighted by Crippen LogP contribution is 2.25. The number of likely N-dealkylation sites (tertiary alicyclic amines) is 1. The van der Waals surface area contributed by atoms with Crippen LogP contribution in [0.15, 0.2) is 48.8 Å². The minimum absolute atomic E-state index is 0.0643. The standard InChI is InChI=1S/C21H24FN3O4S/c1-30(27,28)24-14-17-5-2-3-12-25(17)21(26)10-8-16-7-9-20(19(22)13-16)29-18-6-4-11-23-15-18/h4,6-11,13,15,17,24H,2-3,5,12,14H2,1H3/b10-8+. The average molecular weight is 434 g/mol. The van der Waals surface area contributed by atoms with Gasteiger partial charge in [0.2, 0.25) is 15.9 Å². The highest BCUT2D eigenvalue weighted by molar-refractivity contribution is 7.88. The van der Waals surface area contributed by atoms with Gasteiger partial charge in [-0.2, -0.15) is 0 Å². The zero-order valence-electron chi connectivity index (χ0n) is 16.6. The molecular formula is C21H24FN3O4S. The number of rotatable bonds is 7. The summed E-state index contributed by atoms with van der Waals surface area (Å²) >= 11 is 0. The van der Waals surface area contributed by atoms with Crippen LogP contribution in [0.5, 0.6) is 11.5 Å². The van der Waals surface area contributed by atoms with Gasteiger partial charge in [0.15, 0.2) is 11.6 Å². The van der Waals surface area contributed by atoms with Crippen LogP contribution in [0.1, 0.15) is 24.8 Å². The van der Waals surface area contributed by atoms with Gasteiger partial charge in [0.1, 0.15) is 5.75 Å². The maximum absolute atomic E-state index is 14.3. The molecule has 0 spiro atoms. The zero-order valence-corrected chi connectivity index (χ0v) is 17.4. The number of piperidine rings is 1. The molecule has 1 aliphatic rings. The Hall–Kier alpha value is -2.78. The highest BCUT2D eigenvalue weighted by Gasteiger charge is 2.25. The first-order chi connectivity index (χ1) is 14.3. The van der Waals surface area contributed by atoms with Crippen molar-refractivity contribution in [2.45, 2.75) is 25.3 Å². The number of nitrogens with zero attached hydrogens (tertiary/aromatic N) is 2. The summed E-state index contributed by atoms with van der Waals surface area (Å²) in [5.41, 5.74) is 0.516. The molecule has 160 valence electrons. The van der Waals surface area contributed by atoms with Crippen LogP contribution in [-0.4, -0.2) is 49.6 Å². The molecule has 1 unspecified atom stereocenters. The number of aromatic nitrogens is 1. The first-order valence-electron chi connectivity index (χ1n) is 9.62. The molecule has 1 fully saturated rings. The number of pyridine rings is 1. The summed E-state index contributed by atoms with van der Waals surface area (Å²) in [7, 11) is -3.32. The number of hydrogen-bond acceptors (Lipinski definition) is 5. The van der Waals surface area contributed by atoms with Crippen LogP contribution in [0.3, 0.4) is 0 Å². The minimum Gasteiger partial charge on any atom is -0.453 e. The fraction of sp³-hybridized carbons (Fsp3) is 0.333. The molecule has 1 N–H and O–H groups in total. The summed E-state index contributed by atoms with van der Waals surface area (Å²) < 4.78 is 45.0. The molecule has 1 aromatic carbocycles. The zero-order chi connectivity index (χ0) is 21.6. The van der Waals surface area contributed by atoms with E-state index in [0.717, 1.165) is 25.5 Å². The van der Waals surface area contributed by atoms with E-state index in [4.69, 9.17) is 4.74 Å². The van der Waals surface area contributed by atoms with Gasteiger partial charge < -0.3 is 9.64 Å². The van der Waals surface area contributed by atoms with Crippen molar-refractivity contribution in [2.24, 2.45) is 0 Å². The van der Waals surface area contributed by atoms with E-state index in [9.17, 15) is 17.6 Å². The summed E-state index contributed by atoms with van der Waals surface area (Å²) in [5.74, 6) is -0.295. The van der Waals surface area contributed by atoms with Crippen LogP contribution in [0.25, 0.3) is 6.08 Å². The molecule has 7 nitrogen and oxygen atoms in total. The van der Waals surface area contributed by atoms with Crippen LogP contribution >= 0.6 is 0 Å². The molecular weight excluding hydrogens is 409 g/mol. The van der Waals surface area contributed by atoms with Crippen LogP contribution < -0.4 is 9.46 Å². The molecule has 2 aromatic rings. The lowest BCUT2D eigenvalue weighted by Crippen LogP contribution is -2.48. The normalized spacial score (nSPS) is 17.3. The summed E-state index contributed by atoms with van der Waals surface area (Å²) in [6, 6.07) is 7.59. The first-order valence-corrected chi connectivity index (χ1v) is 11.5. The van der Waals surface area contributed by atoms with E-state index in [2.05, 4.69) is 9.71 Å². The third-order valence-corrected chi connectivity index (χ3v) is 5.42. The molecule has 30 heavy (non-hydrogen) atoms. The van der Waals surface area contributed by atoms with Crippen molar-refractivity contribution < 1.29 is 22.3 Å². The van der Waals surface area contributed by atoms with Crippen molar-refractivity contribution in [3.8, 4) is 11.5 Å². The van der Waals surface area contributed by atoms with Gasteiger partial charge in [-0.15, -0.1) is 0 Å². The van der Waals surface area contributed by atoms with Gasteiger partial charge in [-0.05, 0) is 55.2 Å². The topological polar surface area (TPSA) is 88.6 Å². The Kier molecular flexibility index (Phi) is 7.17. The first kappa shape index (κ1) is 21.9. The number of halogens is 1. The van der Waals surface area contributed by atoms with E-state index in [1.807, 2.05) is 0 Å². The lowest BCUT2D eigenvalue weighted by molar-refractivity contribution is -0.129. The summed E-state index contributed by atoms with van der Waals surface area (Å²) in [6.45, 7) is 0.749. The van der Waals surface area contributed by atoms with Gasteiger partial charge in [0.05, 0.1) is 12.5 Å². The highest BCUT2D eigenvalue weighted by atomic mass is 32.2. The van der Waals surface area contributed by atoms with E-state index in [-0.39, 0.29) is 24.2 Å². The van der Waals surface area contributed by atoms with Gasteiger partial charge >= 0.3 is 0 Å². The largest absolute Gasteiger partial charge is 0.453 e. The molecule has 0 saturated carbocycles. The van der Waals surface area contributed by atoms with E-state index >= 15 is 0 Å². The number of carbonyl (C=O) groups is 1. The predicted octanol–water partition coefficient (Wildman–Crippen LogP) is 2.96. The van der Waals surface area contributed by atoms with E-state index in [1.54, 1.807) is 29.3 Å². The number of amides is 1. The van der Waals surface area contributed by atoms with E-state index < -0.39 is 15.8 Å². The van der Waals surface area contributed by atoms with Gasteiger partial charge in [-0.1, -0.05) is 6.07 Å². The molecule has 1 saturated heterocycles. The molecule has 1 amide bonds.